The second-order valence-electron chi connectivity index (χ2n) is 7.78. The van der Waals surface area contributed by atoms with Gasteiger partial charge in [0.25, 0.3) is 5.91 Å². The number of hydrazone groups is 1. The third kappa shape index (κ3) is 6.03. The molecule has 0 radical (unpaired) electrons. The van der Waals surface area contributed by atoms with Gasteiger partial charge >= 0.3 is 5.97 Å². The Hall–Kier alpha value is -3.87. The summed E-state index contributed by atoms with van der Waals surface area (Å²) >= 11 is 12.1. The Morgan fingerprint density at radius 3 is 2.50 bits per heavy atom. The first-order chi connectivity index (χ1) is 17.5. The molecule has 0 aromatic heterocycles. The average Bonchev–Trinajstić information content (AvgIpc) is 2.88. The Morgan fingerprint density at radius 1 is 0.972 bits per heavy atom. The SMILES string of the molecule is CCCOc1ccc(C(=O)NN=Cc2c(OC(=O)c3ccc(Cl)cc3Cl)ccc3ccccc23)cc1. The van der Waals surface area contributed by atoms with Crippen molar-refractivity contribution >= 4 is 52.1 Å². The van der Waals surface area contributed by atoms with Gasteiger partial charge in [0, 0.05) is 16.1 Å². The van der Waals surface area contributed by atoms with Gasteiger partial charge in [0.1, 0.15) is 11.5 Å². The van der Waals surface area contributed by atoms with Gasteiger partial charge in [-0.2, -0.15) is 5.10 Å². The van der Waals surface area contributed by atoms with E-state index in [2.05, 4.69) is 10.5 Å². The first-order valence-corrected chi connectivity index (χ1v) is 12.0. The monoisotopic (exact) mass is 520 g/mol. The summed E-state index contributed by atoms with van der Waals surface area (Å²) in [6.45, 7) is 2.63. The van der Waals surface area contributed by atoms with Crippen LogP contribution in [0, 0.1) is 0 Å². The van der Waals surface area contributed by atoms with Crippen LogP contribution in [0.1, 0.15) is 39.6 Å². The maximum Gasteiger partial charge on any atom is 0.345 e. The lowest BCUT2D eigenvalue weighted by molar-refractivity contribution is 0.0734. The molecule has 0 atom stereocenters. The summed E-state index contributed by atoms with van der Waals surface area (Å²) in [6.07, 6.45) is 2.35. The van der Waals surface area contributed by atoms with Crippen molar-refractivity contribution < 1.29 is 19.1 Å². The smallest absolute Gasteiger partial charge is 0.345 e. The van der Waals surface area contributed by atoms with Gasteiger partial charge in [-0.15, -0.1) is 0 Å². The van der Waals surface area contributed by atoms with Crippen LogP contribution in [0.3, 0.4) is 0 Å². The van der Waals surface area contributed by atoms with E-state index in [9.17, 15) is 9.59 Å². The Labute approximate surface area is 218 Å². The molecule has 0 saturated heterocycles. The molecule has 4 aromatic rings. The summed E-state index contributed by atoms with van der Waals surface area (Å²) < 4.78 is 11.2. The predicted octanol–water partition coefficient (Wildman–Crippen LogP) is 6.92. The molecule has 4 rings (SSSR count). The van der Waals surface area contributed by atoms with Crippen molar-refractivity contribution in [3.05, 3.63) is 106 Å². The van der Waals surface area contributed by atoms with E-state index in [-0.39, 0.29) is 22.2 Å². The molecule has 4 aromatic carbocycles. The maximum absolute atomic E-state index is 12.8. The van der Waals surface area contributed by atoms with Crippen molar-refractivity contribution in [3.63, 3.8) is 0 Å². The van der Waals surface area contributed by atoms with E-state index >= 15 is 0 Å². The number of carbonyl (C=O) groups is 2. The number of nitrogens with zero attached hydrogens (tertiary/aromatic N) is 1. The van der Waals surface area contributed by atoms with Crippen LogP contribution in [0.25, 0.3) is 10.8 Å². The van der Waals surface area contributed by atoms with Crippen LogP contribution in [0.4, 0.5) is 0 Å². The van der Waals surface area contributed by atoms with Crippen molar-refractivity contribution in [1.29, 1.82) is 0 Å². The molecule has 0 bridgehead atoms. The zero-order valence-electron chi connectivity index (χ0n) is 19.3. The van der Waals surface area contributed by atoms with Crippen LogP contribution in [0.15, 0.2) is 84.0 Å². The van der Waals surface area contributed by atoms with Gasteiger partial charge in [-0.1, -0.05) is 60.5 Å². The molecule has 0 unspecified atom stereocenters. The number of hydrogen-bond donors (Lipinski definition) is 1. The van der Waals surface area contributed by atoms with E-state index in [0.717, 1.165) is 17.2 Å². The lowest BCUT2D eigenvalue weighted by Crippen LogP contribution is -2.17. The first kappa shape index (κ1) is 25.2. The van der Waals surface area contributed by atoms with Crippen molar-refractivity contribution in [2.45, 2.75) is 13.3 Å². The van der Waals surface area contributed by atoms with Crippen molar-refractivity contribution in [1.82, 2.24) is 5.43 Å². The Kier molecular flexibility index (Phi) is 8.21. The van der Waals surface area contributed by atoms with Crippen LogP contribution < -0.4 is 14.9 Å². The summed E-state index contributed by atoms with van der Waals surface area (Å²) in [7, 11) is 0. The molecule has 8 heteroatoms. The molecule has 0 fully saturated rings. The molecule has 36 heavy (non-hydrogen) atoms. The fourth-order valence-corrected chi connectivity index (χ4v) is 3.94. The minimum absolute atomic E-state index is 0.178. The Bertz CT molecular complexity index is 1440. The normalized spacial score (nSPS) is 11.0. The zero-order chi connectivity index (χ0) is 25.5. The van der Waals surface area contributed by atoms with E-state index in [0.29, 0.717) is 28.5 Å². The van der Waals surface area contributed by atoms with Crippen molar-refractivity contribution in [3.8, 4) is 11.5 Å². The Balaban J connectivity index is 1.56. The van der Waals surface area contributed by atoms with Gasteiger partial charge in [-0.05, 0) is 65.7 Å². The van der Waals surface area contributed by atoms with Crippen molar-refractivity contribution in [2.24, 2.45) is 5.10 Å². The first-order valence-electron chi connectivity index (χ1n) is 11.2. The molecular formula is C28H22Cl2N2O4. The number of fused-ring (bicyclic) bond motifs is 1. The Morgan fingerprint density at radius 2 is 1.75 bits per heavy atom. The van der Waals surface area contributed by atoms with Gasteiger partial charge in [-0.25, -0.2) is 10.2 Å². The van der Waals surface area contributed by atoms with E-state index in [1.165, 1.54) is 18.3 Å². The van der Waals surface area contributed by atoms with E-state index in [4.69, 9.17) is 32.7 Å². The van der Waals surface area contributed by atoms with Crippen molar-refractivity contribution in [2.75, 3.05) is 6.61 Å². The van der Waals surface area contributed by atoms with Gasteiger partial charge in [0.15, 0.2) is 0 Å². The largest absolute Gasteiger partial charge is 0.494 e. The minimum Gasteiger partial charge on any atom is -0.494 e. The lowest BCUT2D eigenvalue weighted by atomic mass is 10.0. The van der Waals surface area contributed by atoms with Crippen LogP contribution in [0.2, 0.25) is 10.0 Å². The molecule has 1 amide bonds. The number of benzene rings is 4. The number of hydrogen-bond acceptors (Lipinski definition) is 5. The minimum atomic E-state index is -0.643. The second kappa shape index (κ2) is 11.7. The molecular weight excluding hydrogens is 499 g/mol. The fourth-order valence-electron chi connectivity index (χ4n) is 3.45. The standard InChI is InChI=1S/C28H22Cl2N2O4/c1-2-15-35-21-11-7-19(8-12-21)27(33)32-31-17-24-22-6-4-3-5-18(22)9-14-26(24)36-28(34)23-13-10-20(29)16-25(23)30/h3-14,16-17H,2,15H2,1H3,(H,32,33). The van der Waals surface area contributed by atoms with Gasteiger partial charge in [0.05, 0.1) is 23.4 Å². The molecule has 0 heterocycles. The number of carbonyl (C=O) groups excluding carboxylic acids is 2. The van der Waals surface area contributed by atoms with Crippen LogP contribution in [0.5, 0.6) is 11.5 Å². The molecule has 6 nitrogen and oxygen atoms in total. The highest BCUT2D eigenvalue weighted by Crippen LogP contribution is 2.29. The summed E-state index contributed by atoms with van der Waals surface area (Å²) in [5.74, 6) is -0.0731. The number of rotatable bonds is 8. The highest BCUT2D eigenvalue weighted by atomic mass is 35.5. The van der Waals surface area contributed by atoms with Crippen LogP contribution in [-0.2, 0) is 0 Å². The molecule has 0 saturated carbocycles. The number of halogens is 2. The van der Waals surface area contributed by atoms with E-state index in [1.807, 2.05) is 37.3 Å². The quantitative estimate of drug-likeness (QED) is 0.118. The highest BCUT2D eigenvalue weighted by Gasteiger charge is 2.16. The van der Waals surface area contributed by atoms with Gasteiger partial charge in [-0.3, -0.25) is 4.79 Å². The van der Waals surface area contributed by atoms with Crippen LogP contribution in [-0.4, -0.2) is 24.7 Å². The molecule has 182 valence electrons. The van der Waals surface area contributed by atoms with Crippen LogP contribution >= 0.6 is 23.2 Å². The number of nitrogens with one attached hydrogen (secondary N) is 1. The summed E-state index contributed by atoms with van der Waals surface area (Å²) in [5, 5.41) is 6.42. The molecule has 0 aliphatic carbocycles. The highest BCUT2D eigenvalue weighted by molar-refractivity contribution is 6.36. The number of amides is 1. The third-order valence-corrected chi connectivity index (χ3v) is 5.78. The summed E-state index contributed by atoms with van der Waals surface area (Å²) in [5.41, 5.74) is 3.65. The maximum atomic E-state index is 12.8. The molecule has 0 aliphatic heterocycles. The number of ether oxygens (including phenoxy) is 2. The topological polar surface area (TPSA) is 77.0 Å². The predicted molar refractivity (Wildman–Crippen MR) is 143 cm³/mol. The fraction of sp³-hybridized carbons (Fsp3) is 0.107. The lowest BCUT2D eigenvalue weighted by Gasteiger charge is -2.11. The van der Waals surface area contributed by atoms with Gasteiger partial charge < -0.3 is 9.47 Å². The van der Waals surface area contributed by atoms with E-state index in [1.54, 1.807) is 36.4 Å². The summed E-state index contributed by atoms with van der Waals surface area (Å²) in [6, 6.07) is 22.4. The number of esters is 1. The second-order valence-corrected chi connectivity index (χ2v) is 8.63. The van der Waals surface area contributed by atoms with Gasteiger partial charge in [0.2, 0.25) is 0 Å². The molecule has 0 spiro atoms. The average molecular weight is 521 g/mol. The third-order valence-electron chi connectivity index (χ3n) is 5.23. The zero-order valence-corrected chi connectivity index (χ0v) is 20.8. The summed E-state index contributed by atoms with van der Waals surface area (Å²) in [4.78, 5) is 25.4. The molecule has 1 N–H and O–H groups in total. The van der Waals surface area contributed by atoms with E-state index < -0.39 is 5.97 Å². The molecule has 0 aliphatic rings.